The largest absolute Gasteiger partial charge is 0.316 e. The Hall–Kier alpha value is 0.0500. The van der Waals surface area contributed by atoms with E-state index in [0.717, 1.165) is 23.1 Å². The Balaban J connectivity index is 1.95. The summed E-state index contributed by atoms with van der Waals surface area (Å²) in [6.07, 6.45) is 0. The lowest BCUT2D eigenvalue weighted by Gasteiger charge is -2.19. The zero-order valence-electron chi connectivity index (χ0n) is 11.1. The molecular formula is C13H16Br2N2O2S. The van der Waals surface area contributed by atoms with Gasteiger partial charge in [0.05, 0.1) is 4.90 Å². The average molecular weight is 424 g/mol. The molecule has 1 N–H and O–H groups in total. The molecule has 0 unspecified atom stereocenters. The van der Waals surface area contributed by atoms with E-state index in [-0.39, 0.29) is 0 Å². The smallest absolute Gasteiger partial charge is 0.244 e. The summed E-state index contributed by atoms with van der Waals surface area (Å²) < 4.78 is 28.7. The fraction of sp³-hybridized carbons (Fsp3) is 0.538. The van der Waals surface area contributed by atoms with Crippen molar-refractivity contribution in [3.63, 3.8) is 0 Å². The number of benzene rings is 1. The van der Waals surface area contributed by atoms with E-state index >= 15 is 0 Å². The van der Waals surface area contributed by atoms with Crippen LogP contribution in [0.5, 0.6) is 0 Å². The molecule has 0 bridgehead atoms. The van der Waals surface area contributed by atoms with Crippen LogP contribution in [0.15, 0.2) is 26.0 Å². The molecule has 2 heterocycles. The monoisotopic (exact) mass is 422 g/mol. The summed E-state index contributed by atoms with van der Waals surface area (Å²) in [5, 5.41) is 3.33. The van der Waals surface area contributed by atoms with Crippen LogP contribution in [0.1, 0.15) is 5.56 Å². The predicted molar refractivity (Wildman–Crippen MR) is 85.2 cm³/mol. The van der Waals surface area contributed by atoms with Crippen molar-refractivity contribution in [2.45, 2.75) is 11.8 Å². The van der Waals surface area contributed by atoms with Crippen LogP contribution in [-0.4, -0.2) is 38.9 Å². The van der Waals surface area contributed by atoms with Crippen molar-refractivity contribution in [1.29, 1.82) is 0 Å². The van der Waals surface area contributed by atoms with Gasteiger partial charge in [-0.15, -0.1) is 0 Å². The maximum Gasteiger partial charge on any atom is 0.244 e. The Labute approximate surface area is 136 Å². The van der Waals surface area contributed by atoms with Crippen LogP contribution >= 0.6 is 31.9 Å². The fourth-order valence-electron chi connectivity index (χ4n) is 2.97. The maximum atomic E-state index is 12.8. The molecule has 0 saturated carbocycles. The normalized spacial score (nSPS) is 26.9. The van der Waals surface area contributed by atoms with Crippen molar-refractivity contribution in [3.8, 4) is 0 Å². The summed E-state index contributed by atoms with van der Waals surface area (Å²) in [4.78, 5) is 0.350. The lowest BCUT2D eigenvalue weighted by Crippen LogP contribution is -2.32. The first-order chi connectivity index (χ1) is 9.39. The van der Waals surface area contributed by atoms with Crippen LogP contribution in [0.2, 0.25) is 0 Å². The van der Waals surface area contributed by atoms with Gasteiger partial charge in [0, 0.05) is 22.0 Å². The van der Waals surface area contributed by atoms with Crippen molar-refractivity contribution in [1.82, 2.24) is 9.62 Å². The molecule has 0 aliphatic carbocycles. The van der Waals surface area contributed by atoms with Crippen LogP contribution in [-0.2, 0) is 10.0 Å². The van der Waals surface area contributed by atoms with Gasteiger partial charge >= 0.3 is 0 Å². The minimum Gasteiger partial charge on any atom is -0.316 e. The summed E-state index contributed by atoms with van der Waals surface area (Å²) in [5.41, 5.74) is 1.01. The maximum absolute atomic E-state index is 12.8. The van der Waals surface area contributed by atoms with Crippen molar-refractivity contribution >= 4 is 41.9 Å². The Morgan fingerprint density at radius 1 is 1.15 bits per heavy atom. The molecular weight excluding hydrogens is 408 g/mol. The molecule has 2 saturated heterocycles. The molecule has 0 aromatic heterocycles. The van der Waals surface area contributed by atoms with E-state index in [1.807, 2.05) is 13.0 Å². The second-order valence-corrected chi connectivity index (χ2v) is 9.15. The standard InChI is InChI=1S/C13H16Br2N2O2S/c1-8-2-12(15)13(3-11(8)14)20(18,19)17-6-9-4-16-5-10(9)7-17/h2-3,9-10,16H,4-7H2,1H3/t9-,10+. The third-order valence-electron chi connectivity index (χ3n) is 4.19. The number of fused-ring (bicyclic) bond motifs is 1. The highest BCUT2D eigenvalue weighted by atomic mass is 79.9. The Morgan fingerprint density at radius 3 is 2.35 bits per heavy atom. The van der Waals surface area contributed by atoms with Gasteiger partial charge in [-0.1, -0.05) is 15.9 Å². The molecule has 7 heteroatoms. The molecule has 20 heavy (non-hydrogen) atoms. The third kappa shape index (κ3) is 2.47. The Bertz CT molecular complexity index is 636. The lowest BCUT2D eigenvalue weighted by atomic mass is 10.0. The van der Waals surface area contributed by atoms with Crippen LogP contribution in [0, 0.1) is 18.8 Å². The SMILES string of the molecule is Cc1cc(Br)c(S(=O)(=O)N2C[C@H]3CNC[C@H]3C2)cc1Br. The number of rotatable bonds is 2. The number of hydrogen-bond donors (Lipinski definition) is 1. The molecule has 1 aromatic rings. The van der Waals surface area contributed by atoms with Crippen molar-refractivity contribution in [3.05, 3.63) is 26.6 Å². The van der Waals surface area contributed by atoms with Gasteiger partial charge in [-0.2, -0.15) is 4.31 Å². The van der Waals surface area contributed by atoms with Crippen molar-refractivity contribution in [2.24, 2.45) is 11.8 Å². The van der Waals surface area contributed by atoms with Crippen molar-refractivity contribution in [2.75, 3.05) is 26.2 Å². The second-order valence-electron chi connectivity index (χ2n) is 5.53. The predicted octanol–water partition coefficient (Wildman–Crippen LogP) is 2.36. The Kier molecular flexibility index (Phi) is 4.01. The van der Waals surface area contributed by atoms with Gasteiger partial charge in [0.25, 0.3) is 0 Å². The van der Waals surface area contributed by atoms with E-state index in [9.17, 15) is 8.42 Å². The van der Waals surface area contributed by atoms with Gasteiger partial charge in [-0.3, -0.25) is 0 Å². The summed E-state index contributed by atoms with van der Waals surface area (Å²) >= 11 is 6.80. The number of halogens is 2. The third-order valence-corrected chi connectivity index (χ3v) is 7.83. The molecule has 2 atom stereocenters. The molecule has 3 rings (SSSR count). The van der Waals surface area contributed by atoms with E-state index in [1.54, 1.807) is 10.4 Å². The number of nitrogens with one attached hydrogen (secondary N) is 1. The van der Waals surface area contributed by atoms with Gasteiger partial charge in [-0.05, 0) is 65.5 Å². The van der Waals surface area contributed by atoms with E-state index in [4.69, 9.17) is 0 Å². The van der Waals surface area contributed by atoms with E-state index < -0.39 is 10.0 Å². The minimum absolute atomic E-state index is 0.350. The van der Waals surface area contributed by atoms with Gasteiger partial charge in [-0.25, -0.2) is 8.42 Å². The zero-order chi connectivity index (χ0) is 14.5. The van der Waals surface area contributed by atoms with E-state index in [1.165, 1.54) is 0 Å². The van der Waals surface area contributed by atoms with Gasteiger partial charge in [0.15, 0.2) is 0 Å². The molecule has 4 nitrogen and oxygen atoms in total. The highest BCUT2D eigenvalue weighted by molar-refractivity contribution is 9.11. The molecule has 110 valence electrons. The highest BCUT2D eigenvalue weighted by Crippen LogP contribution is 2.35. The first-order valence-corrected chi connectivity index (χ1v) is 9.58. The zero-order valence-corrected chi connectivity index (χ0v) is 15.1. The number of sulfonamides is 1. The van der Waals surface area contributed by atoms with Crippen LogP contribution in [0.25, 0.3) is 0 Å². The Morgan fingerprint density at radius 2 is 1.75 bits per heavy atom. The number of hydrogen-bond acceptors (Lipinski definition) is 3. The van der Waals surface area contributed by atoms with Gasteiger partial charge < -0.3 is 5.32 Å². The minimum atomic E-state index is -3.42. The van der Waals surface area contributed by atoms with Crippen LogP contribution in [0.3, 0.4) is 0 Å². The molecule has 1 aromatic carbocycles. The van der Waals surface area contributed by atoms with Crippen LogP contribution in [0.4, 0.5) is 0 Å². The molecule has 2 aliphatic rings. The van der Waals surface area contributed by atoms with E-state index in [2.05, 4.69) is 37.2 Å². The summed E-state index contributed by atoms with van der Waals surface area (Å²) in [5.74, 6) is 0.912. The lowest BCUT2D eigenvalue weighted by molar-refractivity contribution is 0.447. The molecule has 0 radical (unpaired) electrons. The first-order valence-electron chi connectivity index (χ1n) is 6.56. The molecule has 2 fully saturated rings. The number of aryl methyl sites for hydroxylation is 1. The molecule has 2 aliphatic heterocycles. The summed E-state index contributed by atoms with van der Waals surface area (Å²) in [6, 6.07) is 3.54. The first kappa shape index (κ1) is 15.0. The summed E-state index contributed by atoms with van der Waals surface area (Å²) in [7, 11) is -3.42. The molecule has 0 spiro atoms. The highest BCUT2D eigenvalue weighted by Gasteiger charge is 2.42. The van der Waals surface area contributed by atoms with Gasteiger partial charge in [0.2, 0.25) is 10.0 Å². The average Bonchev–Trinajstić information content (AvgIpc) is 2.94. The second kappa shape index (κ2) is 5.35. The number of nitrogens with zero attached hydrogens (tertiary/aromatic N) is 1. The molecule has 0 amide bonds. The summed E-state index contributed by atoms with van der Waals surface area (Å²) in [6.45, 7) is 5.04. The van der Waals surface area contributed by atoms with E-state index in [0.29, 0.717) is 34.3 Å². The fourth-order valence-corrected chi connectivity index (χ4v) is 6.17. The van der Waals surface area contributed by atoms with Crippen molar-refractivity contribution < 1.29 is 8.42 Å². The topological polar surface area (TPSA) is 49.4 Å². The van der Waals surface area contributed by atoms with Gasteiger partial charge in [0.1, 0.15) is 0 Å². The van der Waals surface area contributed by atoms with Crippen LogP contribution < -0.4 is 5.32 Å². The quantitative estimate of drug-likeness (QED) is 0.794.